The molecule has 19 heavy (non-hydrogen) atoms. The maximum atomic E-state index is 12.4. The third-order valence-electron chi connectivity index (χ3n) is 2.27. The van der Waals surface area contributed by atoms with Crippen LogP contribution in [0, 0.1) is 0 Å². The Kier molecular flexibility index (Phi) is 4.08. The molecular formula is C10H7F8N. The predicted octanol–water partition coefficient (Wildman–Crippen LogP) is 3.99. The second kappa shape index (κ2) is 4.95. The summed E-state index contributed by atoms with van der Waals surface area (Å²) >= 11 is 0. The summed E-state index contributed by atoms with van der Waals surface area (Å²) in [6.07, 6.45) is -13.4. The third kappa shape index (κ3) is 3.79. The lowest BCUT2D eigenvalue weighted by Gasteiger charge is -2.17. The van der Waals surface area contributed by atoms with Gasteiger partial charge in [0, 0.05) is 0 Å². The molecule has 2 N–H and O–H groups in total. The van der Waals surface area contributed by atoms with Crippen molar-refractivity contribution in [1.29, 1.82) is 0 Å². The van der Waals surface area contributed by atoms with Gasteiger partial charge in [-0.2, -0.15) is 26.3 Å². The molecular weight excluding hydrogens is 286 g/mol. The van der Waals surface area contributed by atoms with Gasteiger partial charge in [0.25, 0.3) is 6.43 Å². The van der Waals surface area contributed by atoms with Gasteiger partial charge >= 0.3 is 12.4 Å². The Hall–Kier alpha value is -1.38. The van der Waals surface area contributed by atoms with Gasteiger partial charge in [0.2, 0.25) is 0 Å². The quantitative estimate of drug-likeness (QED) is 0.820. The minimum absolute atomic E-state index is 0.151. The van der Waals surface area contributed by atoms with E-state index in [1.807, 2.05) is 0 Å². The van der Waals surface area contributed by atoms with Crippen molar-refractivity contribution in [2.45, 2.75) is 24.8 Å². The molecule has 0 radical (unpaired) electrons. The van der Waals surface area contributed by atoms with Gasteiger partial charge in [-0.25, -0.2) is 8.78 Å². The van der Waals surface area contributed by atoms with Gasteiger partial charge in [0.05, 0.1) is 17.2 Å². The van der Waals surface area contributed by atoms with Crippen molar-refractivity contribution in [3.63, 3.8) is 0 Å². The zero-order valence-corrected chi connectivity index (χ0v) is 8.99. The molecule has 0 aliphatic heterocycles. The highest BCUT2D eigenvalue weighted by atomic mass is 19.4. The van der Waals surface area contributed by atoms with Crippen LogP contribution in [0.1, 0.15) is 22.7 Å². The van der Waals surface area contributed by atoms with E-state index >= 15 is 0 Å². The van der Waals surface area contributed by atoms with E-state index in [2.05, 4.69) is 0 Å². The highest BCUT2D eigenvalue weighted by Gasteiger charge is 2.37. The van der Waals surface area contributed by atoms with E-state index in [4.69, 9.17) is 5.73 Å². The molecule has 0 aliphatic rings. The van der Waals surface area contributed by atoms with Crippen LogP contribution in [0.15, 0.2) is 18.2 Å². The zero-order chi connectivity index (χ0) is 15.0. The SMILES string of the molecule is NC(c1cc(C(F)(F)F)cc(C(F)(F)F)c1)C(F)F. The first kappa shape index (κ1) is 15.7. The molecule has 9 heteroatoms. The van der Waals surface area contributed by atoms with Crippen LogP contribution in [0.5, 0.6) is 0 Å². The van der Waals surface area contributed by atoms with Crippen LogP contribution in [0.4, 0.5) is 35.1 Å². The minimum atomic E-state index is -5.09. The van der Waals surface area contributed by atoms with Gasteiger partial charge in [-0.05, 0) is 23.8 Å². The van der Waals surface area contributed by atoms with E-state index in [-0.39, 0.29) is 18.2 Å². The Morgan fingerprint density at radius 2 is 1.16 bits per heavy atom. The highest BCUT2D eigenvalue weighted by molar-refractivity contribution is 5.35. The van der Waals surface area contributed by atoms with Crippen LogP contribution in [0.3, 0.4) is 0 Å². The second-order valence-electron chi connectivity index (χ2n) is 3.70. The first-order valence-electron chi connectivity index (χ1n) is 4.76. The molecule has 1 nitrogen and oxygen atoms in total. The minimum Gasteiger partial charge on any atom is -0.319 e. The average Bonchev–Trinajstić information content (AvgIpc) is 2.24. The molecule has 0 amide bonds. The van der Waals surface area contributed by atoms with Gasteiger partial charge in [-0.3, -0.25) is 0 Å². The molecule has 1 unspecified atom stereocenters. The van der Waals surface area contributed by atoms with Crippen molar-refractivity contribution in [2.75, 3.05) is 0 Å². The summed E-state index contributed by atoms with van der Waals surface area (Å²) < 4.78 is 99.0. The second-order valence-corrected chi connectivity index (χ2v) is 3.70. The van der Waals surface area contributed by atoms with Crippen LogP contribution in [0.2, 0.25) is 0 Å². The lowest BCUT2D eigenvalue weighted by atomic mass is 10.0. The molecule has 1 atom stereocenters. The molecule has 0 spiro atoms. The van der Waals surface area contributed by atoms with E-state index in [0.717, 1.165) is 0 Å². The Balaban J connectivity index is 3.41. The van der Waals surface area contributed by atoms with Gasteiger partial charge in [-0.15, -0.1) is 0 Å². The van der Waals surface area contributed by atoms with Crippen molar-refractivity contribution < 1.29 is 35.1 Å². The van der Waals surface area contributed by atoms with Crippen LogP contribution in [0.25, 0.3) is 0 Å². The molecule has 1 rings (SSSR count). The number of halogens is 8. The van der Waals surface area contributed by atoms with Gasteiger partial charge < -0.3 is 5.73 Å². The number of hydrogen-bond donors (Lipinski definition) is 1. The molecule has 0 fully saturated rings. The number of benzene rings is 1. The molecule has 108 valence electrons. The number of nitrogens with two attached hydrogens (primary N) is 1. The van der Waals surface area contributed by atoms with Crippen molar-refractivity contribution >= 4 is 0 Å². The van der Waals surface area contributed by atoms with Crippen molar-refractivity contribution in [1.82, 2.24) is 0 Å². The summed E-state index contributed by atoms with van der Waals surface area (Å²) in [5.74, 6) is 0. The Labute approximate surface area is 102 Å². The summed E-state index contributed by atoms with van der Waals surface area (Å²) in [5, 5.41) is 0. The highest BCUT2D eigenvalue weighted by Crippen LogP contribution is 2.37. The summed E-state index contributed by atoms with van der Waals surface area (Å²) in [4.78, 5) is 0. The molecule has 0 saturated heterocycles. The number of hydrogen-bond acceptors (Lipinski definition) is 1. The first-order valence-corrected chi connectivity index (χ1v) is 4.76. The fourth-order valence-electron chi connectivity index (χ4n) is 1.32. The summed E-state index contributed by atoms with van der Waals surface area (Å²) in [6, 6.07) is -2.00. The standard InChI is InChI=1S/C10H7F8N/c11-8(12)7(19)4-1-5(9(13,14)15)3-6(2-4)10(16,17)18/h1-3,7-8H,19H2. The van der Waals surface area contributed by atoms with Crippen molar-refractivity contribution in [3.8, 4) is 0 Å². The Bertz CT molecular complexity index is 416. The van der Waals surface area contributed by atoms with E-state index < -0.39 is 41.5 Å². The number of rotatable bonds is 2. The summed E-state index contributed by atoms with van der Waals surface area (Å²) in [7, 11) is 0. The molecule has 0 aromatic heterocycles. The Morgan fingerprint density at radius 3 is 1.42 bits per heavy atom. The molecule has 0 heterocycles. The van der Waals surface area contributed by atoms with Crippen LogP contribution in [-0.4, -0.2) is 6.43 Å². The number of alkyl halides is 8. The normalized spacial score (nSPS) is 14.8. The maximum Gasteiger partial charge on any atom is 0.416 e. The first-order chi connectivity index (χ1) is 8.43. The van der Waals surface area contributed by atoms with Crippen molar-refractivity contribution in [3.05, 3.63) is 34.9 Å². The Morgan fingerprint density at radius 1 is 0.789 bits per heavy atom. The van der Waals surface area contributed by atoms with E-state index in [9.17, 15) is 35.1 Å². The van der Waals surface area contributed by atoms with Crippen LogP contribution < -0.4 is 5.73 Å². The van der Waals surface area contributed by atoms with Crippen LogP contribution in [-0.2, 0) is 12.4 Å². The molecule has 0 bridgehead atoms. The van der Waals surface area contributed by atoms with Gasteiger partial charge in [0.1, 0.15) is 0 Å². The maximum absolute atomic E-state index is 12.4. The topological polar surface area (TPSA) is 26.0 Å². The summed E-state index contributed by atoms with van der Waals surface area (Å²) in [5.41, 5.74) is 0.613. The lowest BCUT2D eigenvalue weighted by Crippen LogP contribution is -2.21. The lowest BCUT2D eigenvalue weighted by molar-refractivity contribution is -0.143. The van der Waals surface area contributed by atoms with Crippen LogP contribution >= 0.6 is 0 Å². The molecule has 0 aliphatic carbocycles. The smallest absolute Gasteiger partial charge is 0.319 e. The van der Waals surface area contributed by atoms with Gasteiger partial charge in [0.15, 0.2) is 0 Å². The van der Waals surface area contributed by atoms with Crippen molar-refractivity contribution in [2.24, 2.45) is 5.73 Å². The zero-order valence-electron chi connectivity index (χ0n) is 8.99. The monoisotopic (exact) mass is 293 g/mol. The predicted molar refractivity (Wildman–Crippen MR) is 49.4 cm³/mol. The molecule has 1 aromatic rings. The molecule has 1 aromatic carbocycles. The fourth-order valence-corrected chi connectivity index (χ4v) is 1.32. The van der Waals surface area contributed by atoms with E-state index in [0.29, 0.717) is 0 Å². The fraction of sp³-hybridized carbons (Fsp3) is 0.400. The largest absolute Gasteiger partial charge is 0.416 e. The summed E-state index contributed by atoms with van der Waals surface area (Å²) in [6.45, 7) is 0. The van der Waals surface area contributed by atoms with E-state index in [1.165, 1.54) is 0 Å². The third-order valence-corrected chi connectivity index (χ3v) is 2.27. The molecule has 0 saturated carbocycles. The van der Waals surface area contributed by atoms with E-state index in [1.54, 1.807) is 0 Å². The van der Waals surface area contributed by atoms with Gasteiger partial charge in [-0.1, -0.05) is 0 Å². The average molecular weight is 293 g/mol.